The SMILES string of the molecule is [O-]N(O)Nc1nccn1CC1CO1. The summed E-state index contributed by atoms with van der Waals surface area (Å²) in [7, 11) is 0. The molecular weight excluding hydrogens is 176 g/mol. The summed E-state index contributed by atoms with van der Waals surface area (Å²) < 4.78 is 6.70. The molecule has 1 atom stereocenters. The molecule has 7 nitrogen and oxygen atoms in total. The van der Waals surface area contributed by atoms with Gasteiger partial charge in [0.05, 0.1) is 19.3 Å². The van der Waals surface area contributed by atoms with Crippen LogP contribution in [0, 0.1) is 5.21 Å². The number of hydrazine groups is 1. The first-order valence-corrected chi connectivity index (χ1v) is 3.81. The minimum absolute atomic E-state index is 0.202. The van der Waals surface area contributed by atoms with Crippen molar-refractivity contribution in [2.45, 2.75) is 12.6 Å². The van der Waals surface area contributed by atoms with Crippen LogP contribution in [0.15, 0.2) is 12.4 Å². The van der Waals surface area contributed by atoms with Gasteiger partial charge in [0.25, 0.3) is 0 Å². The molecule has 1 aliphatic rings. The average molecular weight is 185 g/mol. The molecule has 0 amide bonds. The molecule has 1 saturated heterocycles. The molecule has 7 heteroatoms. The van der Waals surface area contributed by atoms with Gasteiger partial charge in [-0.25, -0.2) is 4.98 Å². The molecule has 0 bridgehead atoms. The smallest absolute Gasteiger partial charge is 0.218 e. The summed E-state index contributed by atoms with van der Waals surface area (Å²) in [5.74, 6) is 0.299. The summed E-state index contributed by atoms with van der Waals surface area (Å²) in [5, 5.41) is 18.2. The maximum atomic E-state index is 10.2. The fourth-order valence-corrected chi connectivity index (χ4v) is 1.05. The molecule has 0 aromatic carbocycles. The van der Waals surface area contributed by atoms with Crippen molar-refractivity contribution >= 4 is 5.95 Å². The minimum atomic E-state index is -0.382. The van der Waals surface area contributed by atoms with E-state index in [-0.39, 0.29) is 11.4 Å². The lowest BCUT2D eigenvalue weighted by molar-refractivity contribution is -0.0152. The Bertz CT molecular complexity index is 265. The zero-order valence-electron chi connectivity index (χ0n) is 6.75. The predicted molar refractivity (Wildman–Crippen MR) is 42.6 cm³/mol. The predicted octanol–water partition coefficient (Wildman–Crippen LogP) is -0.202. The third-order valence-electron chi connectivity index (χ3n) is 1.71. The monoisotopic (exact) mass is 185 g/mol. The minimum Gasteiger partial charge on any atom is -0.744 e. The molecule has 0 radical (unpaired) electrons. The number of aromatic nitrogens is 2. The van der Waals surface area contributed by atoms with Crippen LogP contribution in [-0.4, -0.2) is 32.8 Å². The van der Waals surface area contributed by atoms with Crippen molar-refractivity contribution in [2.75, 3.05) is 12.0 Å². The molecule has 2 rings (SSSR count). The summed E-state index contributed by atoms with van der Waals surface area (Å²) in [4.78, 5) is 3.83. The van der Waals surface area contributed by atoms with Gasteiger partial charge >= 0.3 is 0 Å². The van der Waals surface area contributed by atoms with Crippen molar-refractivity contribution in [2.24, 2.45) is 0 Å². The molecule has 2 heterocycles. The van der Waals surface area contributed by atoms with Crippen LogP contribution in [0.5, 0.6) is 0 Å². The van der Waals surface area contributed by atoms with Crippen molar-refractivity contribution < 1.29 is 9.94 Å². The largest absolute Gasteiger partial charge is 0.744 e. The quantitative estimate of drug-likeness (QED) is 0.498. The van der Waals surface area contributed by atoms with Gasteiger partial charge in [-0.1, -0.05) is 0 Å². The summed E-state index contributed by atoms with van der Waals surface area (Å²) in [5.41, 5.74) is 2.12. The Morgan fingerprint density at radius 3 is 3.31 bits per heavy atom. The normalized spacial score (nSPS) is 20.7. The second-order valence-corrected chi connectivity index (χ2v) is 2.74. The van der Waals surface area contributed by atoms with Crippen molar-refractivity contribution in [1.29, 1.82) is 0 Å². The number of nitrogens with one attached hydrogen (secondary N) is 1. The molecule has 1 unspecified atom stereocenters. The van der Waals surface area contributed by atoms with Gasteiger partial charge in [0.2, 0.25) is 5.95 Å². The van der Waals surface area contributed by atoms with E-state index in [4.69, 9.17) is 9.94 Å². The lowest BCUT2D eigenvalue weighted by Gasteiger charge is -2.20. The highest BCUT2D eigenvalue weighted by molar-refractivity contribution is 5.23. The van der Waals surface area contributed by atoms with Crippen LogP contribution in [0.1, 0.15) is 0 Å². The standard InChI is InChI=1S/C6H9N4O3/c11-10(12)8-6-7-1-2-9(6)3-5-4-13-5/h1-2,5,11H,3-4H2,(H,7,8)/q-1. The van der Waals surface area contributed by atoms with E-state index in [1.54, 1.807) is 10.8 Å². The fourth-order valence-electron chi connectivity index (χ4n) is 1.05. The van der Waals surface area contributed by atoms with Crippen LogP contribution in [0.4, 0.5) is 5.95 Å². The van der Waals surface area contributed by atoms with E-state index in [0.717, 1.165) is 6.61 Å². The Kier molecular flexibility index (Phi) is 2.15. The number of epoxide rings is 1. The van der Waals surface area contributed by atoms with Crippen molar-refractivity contribution in [1.82, 2.24) is 14.9 Å². The molecule has 72 valence electrons. The maximum absolute atomic E-state index is 10.2. The number of imidazole rings is 1. The lowest BCUT2D eigenvalue weighted by Crippen LogP contribution is -2.22. The number of anilines is 1. The maximum Gasteiger partial charge on any atom is 0.218 e. The van der Waals surface area contributed by atoms with Crippen molar-refractivity contribution in [3.63, 3.8) is 0 Å². The number of nitrogens with zero attached hydrogens (tertiary/aromatic N) is 3. The van der Waals surface area contributed by atoms with E-state index >= 15 is 0 Å². The van der Waals surface area contributed by atoms with Gasteiger partial charge in [0.1, 0.15) is 0 Å². The highest BCUT2D eigenvalue weighted by Crippen LogP contribution is 2.14. The summed E-state index contributed by atoms with van der Waals surface area (Å²) in [6.45, 7) is 1.37. The highest BCUT2D eigenvalue weighted by Gasteiger charge is 2.23. The third-order valence-corrected chi connectivity index (χ3v) is 1.71. The molecule has 1 aliphatic heterocycles. The van der Waals surface area contributed by atoms with E-state index in [1.165, 1.54) is 6.20 Å². The first-order valence-electron chi connectivity index (χ1n) is 3.81. The van der Waals surface area contributed by atoms with E-state index in [2.05, 4.69) is 10.4 Å². The molecule has 0 aliphatic carbocycles. The molecule has 1 fully saturated rings. The lowest BCUT2D eigenvalue weighted by atomic mass is 10.5. The zero-order chi connectivity index (χ0) is 9.26. The number of rotatable bonds is 4. The molecule has 13 heavy (non-hydrogen) atoms. The number of ether oxygens (including phenoxy) is 1. The van der Waals surface area contributed by atoms with E-state index < -0.39 is 0 Å². The van der Waals surface area contributed by atoms with Gasteiger partial charge in [-0.05, 0) is 0 Å². The second kappa shape index (κ2) is 3.30. The molecule has 2 N–H and O–H groups in total. The van der Waals surface area contributed by atoms with E-state index in [1.807, 2.05) is 0 Å². The topological polar surface area (TPSA) is 88.9 Å². The zero-order valence-corrected chi connectivity index (χ0v) is 6.75. The summed E-state index contributed by atoms with van der Waals surface area (Å²) >= 11 is 0. The first-order chi connectivity index (χ1) is 6.25. The summed E-state index contributed by atoms with van der Waals surface area (Å²) in [6, 6.07) is 0. The Morgan fingerprint density at radius 2 is 2.69 bits per heavy atom. The van der Waals surface area contributed by atoms with Gasteiger partial charge in [-0.3, -0.25) is 5.43 Å². The Hall–Kier alpha value is -1.15. The Balaban J connectivity index is 2.01. The highest BCUT2D eigenvalue weighted by atomic mass is 16.8. The van der Waals surface area contributed by atoms with Gasteiger partial charge in [0.15, 0.2) is 0 Å². The number of hydrogen-bond acceptors (Lipinski definition) is 6. The van der Waals surface area contributed by atoms with Gasteiger partial charge in [-0.15, -0.1) is 0 Å². The van der Waals surface area contributed by atoms with E-state index in [9.17, 15) is 5.21 Å². The van der Waals surface area contributed by atoms with Crippen LogP contribution < -0.4 is 5.43 Å². The third kappa shape index (κ3) is 2.16. The first kappa shape index (κ1) is 8.45. The number of hydrogen-bond donors (Lipinski definition) is 2. The van der Waals surface area contributed by atoms with E-state index in [0.29, 0.717) is 12.5 Å². The molecule has 1 aromatic rings. The Morgan fingerprint density at radius 1 is 1.92 bits per heavy atom. The second-order valence-electron chi connectivity index (χ2n) is 2.74. The van der Waals surface area contributed by atoms with Crippen LogP contribution in [0.25, 0.3) is 0 Å². The van der Waals surface area contributed by atoms with Crippen molar-refractivity contribution in [3.05, 3.63) is 17.6 Å². The fraction of sp³-hybridized carbons (Fsp3) is 0.500. The van der Waals surface area contributed by atoms with Crippen LogP contribution in [-0.2, 0) is 11.3 Å². The van der Waals surface area contributed by atoms with Crippen LogP contribution >= 0.6 is 0 Å². The molecular formula is C6H9N4O3-. The van der Waals surface area contributed by atoms with Crippen molar-refractivity contribution in [3.8, 4) is 0 Å². The van der Waals surface area contributed by atoms with Crippen LogP contribution in [0.2, 0.25) is 0 Å². The molecule has 1 aromatic heterocycles. The average Bonchev–Trinajstić information content (AvgIpc) is 2.75. The molecule has 0 saturated carbocycles. The summed E-state index contributed by atoms with van der Waals surface area (Å²) in [6.07, 6.45) is 3.44. The van der Waals surface area contributed by atoms with Gasteiger partial charge < -0.3 is 19.7 Å². The Labute approximate surface area is 74.0 Å². The van der Waals surface area contributed by atoms with Crippen LogP contribution in [0.3, 0.4) is 0 Å². The van der Waals surface area contributed by atoms with Gasteiger partial charge in [0, 0.05) is 12.4 Å². The van der Waals surface area contributed by atoms with Gasteiger partial charge in [-0.2, -0.15) is 5.34 Å². The molecule has 0 spiro atoms.